The smallest absolute Gasteiger partial charge is 0.242 e. The number of amides is 1. The molecule has 1 aromatic heterocycles. The summed E-state index contributed by atoms with van der Waals surface area (Å²) in [5, 5.41) is 4.58. The van der Waals surface area contributed by atoms with Crippen LogP contribution in [0.25, 0.3) is 0 Å². The van der Waals surface area contributed by atoms with Gasteiger partial charge < -0.3 is 11.1 Å². The average Bonchev–Trinajstić information content (AvgIpc) is 2.93. The monoisotopic (exact) mass is 278 g/mol. The number of hydrogen-bond acceptors (Lipinski definition) is 3. The van der Waals surface area contributed by atoms with Gasteiger partial charge in [0.2, 0.25) is 5.91 Å². The first-order valence-electron chi connectivity index (χ1n) is 5.89. The lowest BCUT2D eigenvalue weighted by atomic mass is 10.1. The molecule has 1 aromatic carbocycles. The number of benzene rings is 1. The minimum atomic E-state index is -0.671. The minimum Gasteiger partial charge on any atom is -0.350 e. The molecule has 3 nitrogen and oxygen atoms in total. The molecule has 3 N–H and O–H groups in total. The van der Waals surface area contributed by atoms with Crippen molar-refractivity contribution >= 4 is 17.2 Å². The van der Waals surface area contributed by atoms with Gasteiger partial charge in [0.1, 0.15) is 11.9 Å². The maximum Gasteiger partial charge on any atom is 0.242 e. The molecular weight excluding hydrogens is 263 g/mol. The van der Waals surface area contributed by atoms with Gasteiger partial charge in [-0.3, -0.25) is 4.79 Å². The Bertz CT molecular complexity index is 569. The Balaban J connectivity index is 1.95. The number of halogens is 1. The van der Waals surface area contributed by atoms with Gasteiger partial charge in [-0.15, -0.1) is 11.3 Å². The number of hydrogen-bond donors (Lipinski definition) is 2. The standard InChI is InChI=1S/C14H15FN2OS/c1-9-4-5-10(7-11(9)15)8-17-14(18)13(16)12-3-2-6-19-12/h2-7,13H,8,16H2,1H3,(H,17,18). The third kappa shape index (κ3) is 3.39. The molecule has 2 aromatic rings. The third-order valence-corrected chi connectivity index (χ3v) is 3.79. The number of rotatable bonds is 4. The highest BCUT2D eigenvalue weighted by Crippen LogP contribution is 2.17. The summed E-state index contributed by atoms with van der Waals surface area (Å²) in [5.74, 6) is -0.530. The van der Waals surface area contributed by atoms with E-state index in [1.54, 1.807) is 19.1 Å². The molecule has 1 unspecified atom stereocenters. The highest BCUT2D eigenvalue weighted by Gasteiger charge is 2.16. The van der Waals surface area contributed by atoms with Gasteiger partial charge in [0, 0.05) is 11.4 Å². The zero-order valence-electron chi connectivity index (χ0n) is 10.5. The molecule has 1 amide bonds. The molecule has 0 radical (unpaired) electrons. The Morgan fingerprint density at radius 1 is 1.47 bits per heavy atom. The molecule has 1 atom stereocenters. The van der Waals surface area contributed by atoms with Crippen LogP contribution < -0.4 is 11.1 Å². The molecular formula is C14H15FN2OS. The maximum atomic E-state index is 13.3. The van der Waals surface area contributed by atoms with Crippen molar-refractivity contribution in [3.8, 4) is 0 Å². The van der Waals surface area contributed by atoms with Crippen LogP contribution in [0.15, 0.2) is 35.7 Å². The zero-order chi connectivity index (χ0) is 13.8. The van der Waals surface area contributed by atoms with Gasteiger partial charge in [0.25, 0.3) is 0 Å². The highest BCUT2D eigenvalue weighted by molar-refractivity contribution is 7.10. The molecule has 0 spiro atoms. The number of carbonyl (C=O) groups excluding carboxylic acids is 1. The van der Waals surface area contributed by atoms with E-state index in [-0.39, 0.29) is 18.3 Å². The number of nitrogens with one attached hydrogen (secondary N) is 1. The molecule has 2 rings (SSSR count). The minimum absolute atomic E-state index is 0.261. The van der Waals surface area contributed by atoms with Crippen LogP contribution in [0.4, 0.5) is 4.39 Å². The molecule has 0 aliphatic rings. The molecule has 0 saturated carbocycles. The van der Waals surface area contributed by atoms with E-state index in [0.717, 1.165) is 10.4 Å². The molecule has 0 saturated heterocycles. The fraction of sp³-hybridized carbons (Fsp3) is 0.214. The predicted octanol–water partition coefficient (Wildman–Crippen LogP) is 2.51. The van der Waals surface area contributed by atoms with E-state index in [1.165, 1.54) is 17.4 Å². The Labute approximate surface area is 115 Å². The Morgan fingerprint density at radius 3 is 2.89 bits per heavy atom. The summed E-state index contributed by atoms with van der Waals surface area (Å²) in [7, 11) is 0. The van der Waals surface area contributed by atoms with Gasteiger partial charge in [-0.2, -0.15) is 0 Å². The quantitative estimate of drug-likeness (QED) is 0.903. The Kier molecular flexibility index (Phi) is 4.29. The SMILES string of the molecule is Cc1ccc(CNC(=O)C(N)c2cccs2)cc1F. The van der Waals surface area contributed by atoms with Crippen LogP contribution in [0, 0.1) is 12.7 Å². The van der Waals surface area contributed by atoms with Crippen molar-refractivity contribution in [3.05, 3.63) is 57.5 Å². The predicted molar refractivity (Wildman–Crippen MR) is 74.2 cm³/mol. The number of nitrogens with two attached hydrogens (primary N) is 1. The summed E-state index contributed by atoms with van der Waals surface area (Å²) in [4.78, 5) is 12.7. The van der Waals surface area contributed by atoms with Gasteiger partial charge in [0.15, 0.2) is 0 Å². The first kappa shape index (κ1) is 13.7. The average molecular weight is 278 g/mol. The lowest BCUT2D eigenvalue weighted by molar-refractivity contribution is -0.122. The van der Waals surface area contributed by atoms with E-state index in [2.05, 4.69) is 5.32 Å². The first-order valence-corrected chi connectivity index (χ1v) is 6.77. The molecule has 0 aliphatic carbocycles. The number of thiophene rings is 1. The number of aryl methyl sites for hydroxylation is 1. The largest absolute Gasteiger partial charge is 0.350 e. The van der Waals surface area contributed by atoms with Gasteiger partial charge in [0.05, 0.1) is 0 Å². The van der Waals surface area contributed by atoms with Crippen molar-refractivity contribution in [2.75, 3.05) is 0 Å². The fourth-order valence-corrected chi connectivity index (χ4v) is 2.37. The summed E-state index contributed by atoms with van der Waals surface area (Å²) >= 11 is 1.44. The molecule has 100 valence electrons. The van der Waals surface area contributed by atoms with Crippen LogP contribution in [0.5, 0.6) is 0 Å². The maximum absolute atomic E-state index is 13.3. The van der Waals surface area contributed by atoms with E-state index >= 15 is 0 Å². The third-order valence-electron chi connectivity index (χ3n) is 2.84. The summed E-state index contributed by atoms with van der Waals surface area (Å²) in [6, 6.07) is 7.90. The van der Waals surface area contributed by atoms with E-state index in [4.69, 9.17) is 5.73 Å². The lowest BCUT2D eigenvalue weighted by Gasteiger charge is -2.11. The summed E-state index contributed by atoms with van der Waals surface area (Å²) < 4.78 is 13.3. The molecule has 0 bridgehead atoms. The van der Waals surface area contributed by atoms with Crippen LogP contribution in [-0.4, -0.2) is 5.91 Å². The van der Waals surface area contributed by atoms with Crippen molar-refractivity contribution < 1.29 is 9.18 Å². The molecule has 19 heavy (non-hydrogen) atoms. The van der Waals surface area contributed by atoms with Gasteiger partial charge >= 0.3 is 0 Å². The second-order valence-corrected chi connectivity index (χ2v) is 5.27. The summed E-state index contributed by atoms with van der Waals surface area (Å²) in [6.07, 6.45) is 0. The van der Waals surface area contributed by atoms with Crippen molar-refractivity contribution in [3.63, 3.8) is 0 Å². The Hall–Kier alpha value is -1.72. The normalized spacial score (nSPS) is 12.2. The van der Waals surface area contributed by atoms with E-state index in [9.17, 15) is 9.18 Å². The highest BCUT2D eigenvalue weighted by atomic mass is 32.1. The van der Waals surface area contributed by atoms with Crippen molar-refractivity contribution in [1.29, 1.82) is 0 Å². The van der Waals surface area contributed by atoms with Crippen molar-refractivity contribution in [2.24, 2.45) is 5.73 Å². The van der Waals surface area contributed by atoms with Crippen molar-refractivity contribution in [1.82, 2.24) is 5.32 Å². The van der Waals surface area contributed by atoms with Crippen LogP contribution in [0.3, 0.4) is 0 Å². The first-order chi connectivity index (χ1) is 9.08. The topological polar surface area (TPSA) is 55.1 Å². The van der Waals surface area contributed by atoms with Crippen LogP contribution in [0.1, 0.15) is 22.0 Å². The van der Waals surface area contributed by atoms with Crippen molar-refractivity contribution in [2.45, 2.75) is 19.5 Å². The van der Waals surface area contributed by atoms with E-state index in [0.29, 0.717) is 5.56 Å². The summed E-state index contributed by atoms with van der Waals surface area (Å²) in [6.45, 7) is 1.97. The fourth-order valence-electron chi connectivity index (χ4n) is 1.64. The Morgan fingerprint density at radius 2 is 2.26 bits per heavy atom. The van der Waals surface area contributed by atoms with E-state index in [1.807, 2.05) is 17.5 Å². The second kappa shape index (κ2) is 5.95. The lowest BCUT2D eigenvalue weighted by Crippen LogP contribution is -2.33. The van der Waals surface area contributed by atoms with Gasteiger partial charge in [-0.25, -0.2) is 4.39 Å². The number of carbonyl (C=O) groups is 1. The second-order valence-electron chi connectivity index (χ2n) is 4.29. The molecule has 0 fully saturated rings. The van der Waals surface area contributed by atoms with Crippen LogP contribution in [0.2, 0.25) is 0 Å². The molecule has 1 heterocycles. The molecule has 5 heteroatoms. The van der Waals surface area contributed by atoms with Crippen LogP contribution in [-0.2, 0) is 11.3 Å². The summed E-state index contributed by atoms with van der Waals surface area (Å²) in [5.41, 5.74) is 7.13. The van der Waals surface area contributed by atoms with Crippen LogP contribution >= 0.6 is 11.3 Å². The van der Waals surface area contributed by atoms with E-state index < -0.39 is 6.04 Å². The van der Waals surface area contributed by atoms with Gasteiger partial charge in [-0.1, -0.05) is 18.2 Å². The molecule has 0 aliphatic heterocycles. The van der Waals surface area contributed by atoms with Gasteiger partial charge in [-0.05, 0) is 35.6 Å². The zero-order valence-corrected chi connectivity index (χ0v) is 11.3.